The summed E-state index contributed by atoms with van der Waals surface area (Å²) in [5.74, 6) is -1.25. The minimum Gasteiger partial charge on any atom is -0.308 e. The summed E-state index contributed by atoms with van der Waals surface area (Å²) in [6, 6.07) is 11.4. The van der Waals surface area contributed by atoms with E-state index in [1.807, 2.05) is 36.4 Å². The number of piperidine rings is 1. The van der Waals surface area contributed by atoms with Crippen LogP contribution in [0.15, 0.2) is 42.6 Å². The number of benzene rings is 1. The van der Waals surface area contributed by atoms with Crippen LogP contribution in [-0.2, 0) is 0 Å². The van der Waals surface area contributed by atoms with Gasteiger partial charge in [0, 0.05) is 18.8 Å². The second-order valence-corrected chi connectivity index (χ2v) is 5.28. The predicted octanol–water partition coefficient (Wildman–Crippen LogP) is 3.48. The number of aromatic nitrogens is 2. The van der Waals surface area contributed by atoms with Gasteiger partial charge in [-0.25, -0.2) is 4.68 Å². The Labute approximate surface area is 120 Å². The van der Waals surface area contributed by atoms with Crippen molar-refractivity contribution in [2.24, 2.45) is 5.92 Å². The summed E-state index contributed by atoms with van der Waals surface area (Å²) >= 11 is 0. The fourth-order valence-corrected chi connectivity index (χ4v) is 2.75. The van der Waals surface area contributed by atoms with Gasteiger partial charge in [-0.05, 0) is 31.0 Å². The molecule has 0 radical (unpaired) electrons. The molecule has 2 unspecified atom stereocenters. The van der Waals surface area contributed by atoms with E-state index in [0.717, 1.165) is 11.4 Å². The first-order chi connectivity index (χ1) is 10.1. The minimum absolute atomic E-state index is 0.0336. The predicted molar refractivity (Wildman–Crippen MR) is 73.1 cm³/mol. The lowest BCUT2D eigenvalue weighted by Gasteiger charge is -2.31. The summed E-state index contributed by atoms with van der Waals surface area (Å²) in [7, 11) is 0. The van der Waals surface area contributed by atoms with Gasteiger partial charge < -0.3 is 5.32 Å². The maximum atomic E-state index is 12.7. The molecule has 3 rings (SSSR count). The highest BCUT2D eigenvalue weighted by molar-refractivity contribution is 5.33. The Morgan fingerprint density at radius 1 is 1.10 bits per heavy atom. The van der Waals surface area contributed by atoms with E-state index < -0.39 is 12.1 Å². The van der Waals surface area contributed by atoms with Gasteiger partial charge in [0.2, 0.25) is 0 Å². The Morgan fingerprint density at radius 2 is 1.86 bits per heavy atom. The van der Waals surface area contributed by atoms with Gasteiger partial charge >= 0.3 is 6.18 Å². The second-order valence-electron chi connectivity index (χ2n) is 5.28. The Morgan fingerprint density at radius 3 is 2.48 bits per heavy atom. The molecule has 1 aromatic carbocycles. The average Bonchev–Trinajstić information content (AvgIpc) is 2.97. The van der Waals surface area contributed by atoms with E-state index in [2.05, 4.69) is 10.4 Å². The molecule has 0 saturated carbocycles. The van der Waals surface area contributed by atoms with Crippen LogP contribution >= 0.6 is 0 Å². The molecule has 0 spiro atoms. The van der Waals surface area contributed by atoms with Crippen molar-refractivity contribution in [3.05, 3.63) is 48.3 Å². The van der Waals surface area contributed by atoms with Crippen molar-refractivity contribution < 1.29 is 13.2 Å². The Balaban J connectivity index is 1.77. The number of alkyl halides is 3. The van der Waals surface area contributed by atoms with E-state index >= 15 is 0 Å². The Kier molecular flexibility index (Phi) is 3.71. The monoisotopic (exact) mass is 295 g/mol. The zero-order valence-corrected chi connectivity index (χ0v) is 11.3. The van der Waals surface area contributed by atoms with Crippen LogP contribution < -0.4 is 5.32 Å². The first-order valence-electron chi connectivity index (χ1n) is 6.95. The molecule has 0 aliphatic carbocycles. The summed E-state index contributed by atoms with van der Waals surface area (Å²) in [6.07, 6.45) is -1.82. The molecule has 112 valence electrons. The van der Waals surface area contributed by atoms with E-state index in [1.54, 1.807) is 10.9 Å². The van der Waals surface area contributed by atoms with Crippen molar-refractivity contribution in [2.75, 3.05) is 6.54 Å². The van der Waals surface area contributed by atoms with E-state index in [9.17, 15) is 13.2 Å². The highest BCUT2D eigenvalue weighted by Crippen LogP contribution is 2.35. The van der Waals surface area contributed by atoms with Crippen molar-refractivity contribution >= 4 is 0 Å². The number of nitrogens with one attached hydrogen (secondary N) is 1. The highest BCUT2D eigenvalue weighted by atomic mass is 19.4. The van der Waals surface area contributed by atoms with Crippen LogP contribution in [0, 0.1) is 5.92 Å². The molecule has 2 atom stereocenters. The third kappa shape index (κ3) is 2.95. The van der Waals surface area contributed by atoms with Crippen LogP contribution in [0.25, 0.3) is 5.69 Å². The minimum atomic E-state index is -4.11. The molecule has 6 heteroatoms. The Hall–Kier alpha value is -1.82. The van der Waals surface area contributed by atoms with Crippen LogP contribution in [0.4, 0.5) is 13.2 Å². The van der Waals surface area contributed by atoms with Crippen LogP contribution in [0.5, 0.6) is 0 Å². The summed E-state index contributed by atoms with van der Waals surface area (Å²) in [4.78, 5) is 0. The van der Waals surface area contributed by atoms with Crippen LogP contribution in [0.2, 0.25) is 0 Å². The molecule has 0 amide bonds. The summed E-state index contributed by atoms with van der Waals surface area (Å²) in [6.45, 7) is -0.0336. The molecule has 0 bridgehead atoms. The lowest BCUT2D eigenvalue weighted by molar-refractivity contribution is -0.179. The van der Waals surface area contributed by atoms with Crippen molar-refractivity contribution in [3.8, 4) is 5.69 Å². The van der Waals surface area contributed by atoms with Gasteiger partial charge in [-0.3, -0.25) is 0 Å². The van der Waals surface area contributed by atoms with Crippen LogP contribution in [-0.4, -0.2) is 22.5 Å². The van der Waals surface area contributed by atoms with Crippen molar-refractivity contribution in [1.82, 2.24) is 15.1 Å². The van der Waals surface area contributed by atoms with E-state index in [-0.39, 0.29) is 19.0 Å². The number of hydrogen-bond acceptors (Lipinski definition) is 2. The summed E-state index contributed by atoms with van der Waals surface area (Å²) in [5.41, 5.74) is 1.82. The number of rotatable bonds is 2. The molecule has 1 saturated heterocycles. The molecule has 1 aromatic heterocycles. The van der Waals surface area contributed by atoms with Gasteiger partial charge in [-0.15, -0.1) is 0 Å². The molecule has 1 N–H and O–H groups in total. The maximum Gasteiger partial charge on any atom is 0.393 e. The molecule has 2 aromatic rings. The number of halogens is 3. The largest absolute Gasteiger partial charge is 0.393 e. The smallest absolute Gasteiger partial charge is 0.308 e. The zero-order chi connectivity index (χ0) is 14.9. The van der Waals surface area contributed by atoms with Gasteiger partial charge in [-0.1, -0.05) is 18.2 Å². The quantitative estimate of drug-likeness (QED) is 0.919. The van der Waals surface area contributed by atoms with E-state index in [4.69, 9.17) is 0 Å². The SMILES string of the molecule is FC(F)(F)C1CCC(c2ccnn2-c2ccccc2)NC1. The molecule has 2 heterocycles. The lowest BCUT2D eigenvalue weighted by atomic mass is 9.92. The van der Waals surface area contributed by atoms with Crippen LogP contribution in [0.1, 0.15) is 24.6 Å². The van der Waals surface area contributed by atoms with Gasteiger partial charge in [0.25, 0.3) is 0 Å². The lowest BCUT2D eigenvalue weighted by Crippen LogP contribution is -2.40. The third-order valence-corrected chi connectivity index (χ3v) is 3.91. The van der Waals surface area contributed by atoms with Crippen molar-refractivity contribution in [2.45, 2.75) is 25.1 Å². The standard InChI is InChI=1S/C15H16F3N3/c16-15(17,18)11-6-7-13(19-10-11)14-8-9-20-21(14)12-4-2-1-3-5-12/h1-5,8-9,11,13,19H,6-7,10H2. The van der Waals surface area contributed by atoms with E-state index in [1.165, 1.54) is 0 Å². The maximum absolute atomic E-state index is 12.7. The summed E-state index contributed by atoms with van der Waals surface area (Å²) in [5, 5.41) is 7.29. The third-order valence-electron chi connectivity index (χ3n) is 3.91. The normalized spacial score (nSPS) is 23.2. The van der Waals surface area contributed by atoms with Gasteiger partial charge in [0.1, 0.15) is 0 Å². The van der Waals surface area contributed by atoms with Gasteiger partial charge in [0.05, 0.1) is 17.3 Å². The molecular formula is C15H16F3N3. The zero-order valence-electron chi connectivity index (χ0n) is 11.3. The van der Waals surface area contributed by atoms with Crippen molar-refractivity contribution in [3.63, 3.8) is 0 Å². The van der Waals surface area contributed by atoms with Gasteiger partial charge in [0.15, 0.2) is 0 Å². The molecular weight excluding hydrogens is 279 g/mol. The van der Waals surface area contributed by atoms with Crippen LogP contribution in [0.3, 0.4) is 0 Å². The van der Waals surface area contributed by atoms with E-state index in [0.29, 0.717) is 6.42 Å². The first kappa shape index (κ1) is 14.1. The average molecular weight is 295 g/mol. The molecule has 1 fully saturated rings. The number of nitrogens with zero attached hydrogens (tertiary/aromatic N) is 2. The molecule has 1 aliphatic rings. The Bertz CT molecular complexity index is 584. The number of hydrogen-bond donors (Lipinski definition) is 1. The number of para-hydroxylation sites is 1. The van der Waals surface area contributed by atoms with Gasteiger partial charge in [-0.2, -0.15) is 18.3 Å². The molecule has 1 aliphatic heterocycles. The fraction of sp³-hybridized carbons (Fsp3) is 0.400. The second kappa shape index (κ2) is 5.52. The molecule has 3 nitrogen and oxygen atoms in total. The van der Waals surface area contributed by atoms with Crippen molar-refractivity contribution in [1.29, 1.82) is 0 Å². The molecule has 21 heavy (non-hydrogen) atoms. The highest BCUT2D eigenvalue weighted by Gasteiger charge is 2.41. The first-order valence-corrected chi connectivity index (χ1v) is 6.95. The fourth-order valence-electron chi connectivity index (χ4n) is 2.75. The topological polar surface area (TPSA) is 29.9 Å². The summed E-state index contributed by atoms with van der Waals surface area (Å²) < 4.78 is 39.9.